The highest BCUT2D eigenvalue weighted by Gasteiger charge is 2.18. The number of nitrogens with zero attached hydrogens (tertiary/aromatic N) is 2. The molecule has 4 heteroatoms. The van der Waals surface area contributed by atoms with Crippen LogP contribution in [-0.2, 0) is 6.54 Å². The topological polar surface area (TPSA) is 43.8 Å². The van der Waals surface area contributed by atoms with Crippen LogP contribution in [0.25, 0.3) is 22.4 Å². The summed E-state index contributed by atoms with van der Waals surface area (Å²) in [6, 6.07) is 14.3. The van der Waals surface area contributed by atoms with Gasteiger partial charge in [-0.1, -0.05) is 12.1 Å². The first-order valence-electron chi connectivity index (χ1n) is 6.94. The van der Waals surface area contributed by atoms with Crippen LogP contribution < -0.4 is 5.73 Å². The molecule has 0 amide bonds. The zero-order chi connectivity index (χ0) is 15.0. The van der Waals surface area contributed by atoms with E-state index in [-0.39, 0.29) is 11.4 Å². The highest BCUT2D eigenvalue weighted by Crippen LogP contribution is 2.26. The average molecular weight is 283 g/mol. The Labute approximate surface area is 123 Å². The first kappa shape index (κ1) is 13.8. The quantitative estimate of drug-likeness (QED) is 0.798. The second-order valence-corrected chi connectivity index (χ2v) is 6.01. The first-order valence-corrected chi connectivity index (χ1v) is 6.94. The molecule has 0 saturated carbocycles. The minimum absolute atomic E-state index is 0.249. The largest absolute Gasteiger partial charge is 0.324 e. The monoisotopic (exact) mass is 283 g/mol. The van der Waals surface area contributed by atoms with E-state index in [0.717, 1.165) is 22.4 Å². The van der Waals surface area contributed by atoms with Gasteiger partial charge in [-0.3, -0.25) is 0 Å². The van der Waals surface area contributed by atoms with Gasteiger partial charge >= 0.3 is 0 Å². The molecule has 3 nitrogen and oxygen atoms in total. The molecule has 0 aliphatic heterocycles. The summed E-state index contributed by atoms with van der Waals surface area (Å²) in [5, 5.41) is 0. The highest BCUT2D eigenvalue weighted by molar-refractivity contribution is 5.80. The standard InChI is InChI=1S/C17H18FN3/c1-17(2,19)11-21-15-6-4-3-5-14(15)20-16(21)12-7-9-13(18)10-8-12/h3-10H,11,19H2,1-2H3. The molecule has 0 saturated heterocycles. The van der Waals surface area contributed by atoms with Crippen LogP contribution in [0.4, 0.5) is 4.39 Å². The van der Waals surface area contributed by atoms with Gasteiger partial charge in [0.25, 0.3) is 0 Å². The maximum Gasteiger partial charge on any atom is 0.141 e. The summed E-state index contributed by atoms with van der Waals surface area (Å²) in [5.74, 6) is 0.565. The van der Waals surface area contributed by atoms with Crippen molar-refractivity contribution in [3.63, 3.8) is 0 Å². The number of benzene rings is 2. The number of hydrogen-bond acceptors (Lipinski definition) is 2. The number of imidazole rings is 1. The summed E-state index contributed by atoms with van der Waals surface area (Å²) >= 11 is 0. The molecule has 108 valence electrons. The third-order valence-corrected chi connectivity index (χ3v) is 3.32. The number of hydrogen-bond donors (Lipinski definition) is 1. The lowest BCUT2D eigenvalue weighted by Crippen LogP contribution is -2.37. The minimum Gasteiger partial charge on any atom is -0.324 e. The van der Waals surface area contributed by atoms with Gasteiger partial charge in [-0.15, -0.1) is 0 Å². The zero-order valence-electron chi connectivity index (χ0n) is 12.2. The molecular weight excluding hydrogens is 265 g/mol. The van der Waals surface area contributed by atoms with Gasteiger partial charge in [0.1, 0.15) is 11.6 Å². The summed E-state index contributed by atoms with van der Waals surface area (Å²) in [7, 11) is 0. The number of rotatable bonds is 3. The van der Waals surface area contributed by atoms with Gasteiger partial charge in [0.2, 0.25) is 0 Å². The second-order valence-electron chi connectivity index (χ2n) is 6.01. The van der Waals surface area contributed by atoms with Crippen LogP contribution in [0.15, 0.2) is 48.5 Å². The van der Waals surface area contributed by atoms with Crippen LogP contribution in [0.2, 0.25) is 0 Å². The molecule has 0 fully saturated rings. The fourth-order valence-corrected chi connectivity index (χ4v) is 2.46. The van der Waals surface area contributed by atoms with Crippen LogP contribution in [0, 0.1) is 5.82 Å². The van der Waals surface area contributed by atoms with E-state index in [9.17, 15) is 4.39 Å². The van der Waals surface area contributed by atoms with E-state index in [0.29, 0.717) is 6.54 Å². The number of aromatic nitrogens is 2. The Bertz CT molecular complexity index is 767. The smallest absolute Gasteiger partial charge is 0.141 e. The molecule has 21 heavy (non-hydrogen) atoms. The second kappa shape index (κ2) is 4.97. The number of halogens is 1. The van der Waals surface area contributed by atoms with Crippen LogP contribution in [-0.4, -0.2) is 15.1 Å². The fourth-order valence-electron chi connectivity index (χ4n) is 2.46. The third-order valence-electron chi connectivity index (χ3n) is 3.32. The van der Waals surface area contributed by atoms with Gasteiger partial charge in [-0.25, -0.2) is 9.37 Å². The van der Waals surface area contributed by atoms with Gasteiger partial charge in [0, 0.05) is 17.6 Å². The molecule has 3 aromatic rings. The van der Waals surface area contributed by atoms with Crippen molar-refractivity contribution in [2.24, 2.45) is 5.73 Å². The van der Waals surface area contributed by atoms with Gasteiger partial charge in [-0.2, -0.15) is 0 Å². The van der Waals surface area contributed by atoms with Crippen molar-refractivity contribution >= 4 is 11.0 Å². The summed E-state index contributed by atoms with van der Waals surface area (Å²) in [6.07, 6.45) is 0. The lowest BCUT2D eigenvalue weighted by molar-refractivity contribution is 0.442. The molecule has 0 aliphatic carbocycles. The molecule has 1 heterocycles. The zero-order valence-corrected chi connectivity index (χ0v) is 12.2. The van der Waals surface area contributed by atoms with Crippen molar-refractivity contribution in [2.75, 3.05) is 0 Å². The Morgan fingerprint density at radius 3 is 2.43 bits per heavy atom. The van der Waals surface area contributed by atoms with E-state index in [1.54, 1.807) is 12.1 Å². The van der Waals surface area contributed by atoms with Gasteiger partial charge in [0.05, 0.1) is 11.0 Å². The number of fused-ring (bicyclic) bond motifs is 1. The molecule has 1 aromatic heterocycles. The van der Waals surface area contributed by atoms with E-state index < -0.39 is 0 Å². The predicted molar refractivity (Wildman–Crippen MR) is 83.4 cm³/mol. The van der Waals surface area contributed by atoms with Gasteiger partial charge < -0.3 is 10.3 Å². The molecule has 3 rings (SSSR count). The molecule has 0 bridgehead atoms. The SMILES string of the molecule is CC(C)(N)Cn1c(-c2ccc(F)cc2)nc2ccccc21. The maximum absolute atomic E-state index is 13.1. The lowest BCUT2D eigenvalue weighted by atomic mass is 10.1. The van der Waals surface area contributed by atoms with Crippen molar-refractivity contribution in [1.29, 1.82) is 0 Å². The molecular formula is C17H18FN3. The molecule has 0 aliphatic rings. The Kier molecular flexibility index (Phi) is 3.26. The Morgan fingerprint density at radius 1 is 1.10 bits per heavy atom. The summed E-state index contributed by atoms with van der Waals surface area (Å²) in [4.78, 5) is 4.68. The average Bonchev–Trinajstić information content (AvgIpc) is 2.77. The predicted octanol–water partition coefficient (Wildman–Crippen LogP) is 3.58. The summed E-state index contributed by atoms with van der Waals surface area (Å²) in [6.45, 7) is 4.60. The lowest BCUT2D eigenvalue weighted by Gasteiger charge is -2.21. The normalized spacial score (nSPS) is 12.0. The number of para-hydroxylation sites is 2. The van der Waals surface area contributed by atoms with Crippen molar-refractivity contribution in [1.82, 2.24) is 9.55 Å². The fraction of sp³-hybridized carbons (Fsp3) is 0.235. The third kappa shape index (κ3) is 2.81. The van der Waals surface area contributed by atoms with Crippen LogP contribution >= 0.6 is 0 Å². The first-order chi connectivity index (χ1) is 9.94. The molecule has 2 N–H and O–H groups in total. The van der Waals surface area contributed by atoms with E-state index in [2.05, 4.69) is 9.55 Å². The maximum atomic E-state index is 13.1. The Hall–Kier alpha value is -2.20. The summed E-state index contributed by atoms with van der Waals surface area (Å²) < 4.78 is 15.2. The van der Waals surface area contributed by atoms with Gasteiger partial charge in [0.15, 0.2) is 0 Å². The van der Waals surface area contributed by atoms with Crippen LogP contribution in [0.5, 0.6) is 0 Å². The van der Waals surface area contributed by atoms with Crippen molar-refractivity contribution in [2.45, 2.75) is 25.9 Å². The molecule has 2 aromatic carbocycles. The van der Waals surface area contributed by atoms with E-state index in [1.165, 1.54) is 12.1 Å². The molecule has 0 atom stereocenters. The molecule has 0 unspecified atom stereocenters. The highest BCUT2D eigenvalue weighted by atomic mass is 19.1. The molecule has 0 radical (unpaired) electrons. The van der Waals surface area contributed by atoms with Crippen LogP contribution in [0.1, 0.15) is 13.8 Å². The van der Waals surface area contributed by atoms with Crippen molar-refractivity contribution in [3.8, 4) is 11.4 Å². The van der Waals surface area contributed by atoms with Crippen molar-refractivity contribution < 1.29 is 4.39 Å². The van der Waals surface area contributed by atoms with Crippen molar-refractivity contribution in [3.05, 3.63) is 54.3 Å². The summed E-state index contributed by atoms with van der Waals surface area (Å²) in [5.41, 5.74) is 8.66. The number of nitrogens with two attached hydrogens (primary N) is 1. The molecule has 0 spiro atoms. The van der Waals surface area contributed by atoms with E-state index in [4.69, 9.17) is 5.73 Å². The van der Waals surface area contributed by atoms with E-state index in [1.807, 2.05) is 38.1 Å². The minimum atomic E-state index is -0.363. The Balaban J connectivity index is 2.21. The Morgan fingerprint density at radius 2 is 1.76 bits per heavy atom. The van der Waals surface area contributed by atoms with E-state index >= 15 is 0 Å². The van der Waals surface area contributed by atoms with Gasteiger partial charge in [-0.05, 0) is 50.2 Å². The van der Waals surface area contributed by atoms with Crippen LogP contribution in [0.3, 0.4) is 0 Å².